The number of aliphatic hydroxyl groups is 2. The summed E-state index contributed by atoms with van der Waals surface area (Å²) in [6, 6.07) is 0. The molecule has 0 aliphatic heterocycles. The summed E-state index contributed by atoms with van der Waals surface area (Å²) in [5.41, 5.74) is 0. The van der Waals surface area contributed by atoms with Crippen molar-refractivity contribution in [3.8, 4) is 0 Å². The third-order valence-corrected chi connectivity index (χ3v) is 2.27. The first-order chi connectivity index (χ1) is 11.9. The summed E-state index contributed by atoms with van der Waals surface area (Å²) in [5, 5.41) is 17.1. The zero-order valence-electron chi connectivity index (χ0n) is 13.0. The van der Waals surface area contributed by atoms with E-state index in [2.05, 4.69) is 14.2 Å². The van der Waals surface area contributed by atoms with Crippen molar-refractivity contribution < 1.29 is 68.7 Å². The lowest BCUT2D eigenvalue weighted by Crippen LogP contribution is -2.49. The number of ether oxygens (including phenoxy) is 3. The Hall–Kier alpha value is -2.16. The van der Waals surface area contributed by atoms with Crippen molar-refractivity contribution in [2.45, 2.75) is 31.2 Å². The minimum absolute atomic E-state index is 0.355. The number of carbonyl (C=O) groups excluding carboxylic acids is 1. The highest BCUT2D eigenvalue weighted by atomic mass is 19.4. The van der Waals surface area contributed by atoms with Crippen LogP contribution >= 0.6 is 0 Å². The molecule has 0 aromatic rings. The van der Waals surface area contributed by atoms with Gasteiger partial charge in [-0.2, -0.15) is 39.5 Å². The first-order valence-electron chi connectivity index (χ1n) is 6.45. The van der Waals surface area contributed by atoms with Crippen LogP contribution in [0, 0.1) is 0 Å². The molecule has 0 unspecified atom stereocenters. The van der Waals surface area contributed by atoms with Gasteiger partial charge in [-0.25, -0.2) is 4.79 Å². The number of allylic oxidation sites excluding steroid dienone is 2. The van der Waals surface area contributed by atoms with E-state index in [4.69, 9.17) is 10.2 Å². The van der Waals surface area contributed by atoms with E-state index in [1.165, 1.54) is 6.92 Å². The first kappa shape index (κ1) is 24.8. The quantitative estimate of drug-likeness (QED) is 0.216. The van der Waals surface area contributed by atoms with Gasteiger partial charge in [-0.1, -0.05) is 0 Å². The topological polar surface area (TPSA) is 85.2 Å². The second-order valence-corrected chi connectivity index (χ2v) is 4.46. The van der Waals surface area contributed by atoms with Gasteiger partial charge in [0.05, 0.1) is 12.7 Å². The molecule has 0 spiro atoms. The van der Waals surface area contributed by atoms with Gasteiger partial charge >= 0.3 is 24.5 Å². The van der Waals surface area contributed by atoms with Crippen molar-refractivity contribution in [1.29, 1.82) is 0 Å². The van der Waals surface area contributed by atoms with E-state index in [1.54, 1.807) is 0 Å². The maximum absolute atomic E-state index is 12.6. The molecular formula is C12H11F9O6. The fourth-order valence-electron chi connectivity index (χ4n) is 1.03. The average Bonchev–Trinajstić information content (AvgIpc) is 2.42. The minimum atomic E-state index is -5.83. The van der Waals surface area contributed by atoms with E-state index in [9.17, 15) is 44.3 Å². The van der Waals surface area contributed by atoms with Gasteiger partial charge in [0.15, 0.2) is 6.61 Å². The van der Waals surface area contributed by atoms with Crippen molar-refractivity contribution in [2.75, 3.05) is 13.2 Å². The molecule has 0 saturated carbocycles. The molecule has 0 aliphatic rings. The lowest BCUT2D eigenvalue weighted by molar-refractivity contribution is -0.361. The van der Waals surface area contributed by atoms with Crippen LogP contribution in [0.3, 0.4) is 0 Å². The molecule has 0 bridgehead atoms. The molecule has 158 valence electrons. The molecule has 2 N–H and O–H groups in total. The predicted octanol–water partition coefficient (Wildman–Crippen LogP) is 2.68. The minimum Gasteiger partial charge on any atom is -0.481 e. The third-order valence-electron chi connectivity index (χ3n) is 2.27. The van der Waals surface area contributed by atoms with Crippen molar-refractivity contribution >= 4 is 5.97 Å². The number of alkyl halides is 9. The van der Waals surface area contributed by atoms with Gasteiger partial charge in [0, 0.05) is 0 Å². The van der Waals surface area contributed by atoms with Crippen LogP contribution in [-0.4, -0.2) is 53.7 Å². The maximum atomic E-state index is 12.6. The smallest absolute Gasteiger partial charge is 0.452 e. The van der Waals surface area contributed by atoms with Gasteiger partial charge in [-0.15, -0.1) is 0 Å². The van der Waals surface area contributed by atoms with Crippen molar-refractivity contribution in [1.82, 2.24) is 0 Å². The highest BCUT2D eigenvalue weighted by molar-refractivity contribution is 5.82. The zero-order chi connectivity index (χ0) is 21.7. The SMILES string of the molecule is CCOC(=O)/C=C(/O/C=C(/OCC(O)(O)C(F)(F)F)C(F)(F)F)C(F)(F)F. The first-order valence-corrected chi connectivity index (χ1v) is 6.45. The van der Waals surface area contributed by atoms with Gasteiger partial charge in [-0.3, -0.25) is 0 Å². The molecule has 0 radical (unpaired) electrons. The van der Waals surface area contributed by atoms with Gasteiger partial charge < -0.3 is 24.4 Å². The lowest BCUT2D eigenvalue weighted by Gasteiger charge is -2.25. The van der Waals surface area contributed by atoms with Crippen LogP contribution in [0.1, 0.15) is 6.92 Å². The van der Waals surface area contributed by atoms with Crippen LogP contribution in [0.5, 0.6) is 0 Å². The maximum Gasteiger partial charge on any atom is 0.452 e. The van der Waals surface area contributed by atoms with Crippen LogP contribution < -0.4 is 0 Å². The average molecular weight is 422 g/mol. The Bertz CT molecular complexity index is 571. The molecule has 0 aliphatic carbocycles. The molecule has 0 saturated heterocycles. The van der Waals surface area contributed by atoms with Crippen LogP contribution in [0.4, 0.5) is 39.5 Å². The van der Waals surface area contributed by atoms with Crippen molar-refractivity contribution in [3.05, 3.63) is 23.9 Å². The molecule has 0 rings (SSSR count). The summed E-state index contributed by atoms with van der Waals surface area (Å²) in [4.78, 5) is 11.0. The van der Waals surface area contributed by atoms with E-state index >= 15 is 0 Å². The van der Waals surface area contributed by atoms with Gasteiger partial charge in [-0.05, 0) is 6.92 Å². The number of hydrogen-bond donors (Lipinski definition) is 2. The normalized spacial score (nSPS) is 14.8. The van der Waals surface area contributed by atoms with E-state index < -0.39 is 54.7 Å². The van der Waals surface area contributed by atoms with Crippen LogP contribution in [0.15, 0.2) is 23.9 Å². The molecular weight excluding hydrogens is 411 g/mol. The Morgan fingerprint density at radius 2 is 1.37 bits per heavy atom. The standard InChI is InChI=1S/C12H11F9O6/c1-2-25-8(22)3-6(10(13,14)15)26-4-7(11(16,17)18)27-5-9(23,24)12(19,20)21/h3-4,23-24H,2,5H2,1H3/b6-3+,7-4+. The summed E-state index contributed by atoms with van der Waals surface area (Å²) in [5.74, 6) is -11.2. The van der Waals surface area contributed by atoms with Gasteiger partial charge in [0.2, 0.25) is 11.5 Å². The Balaban J connectivity index is 5.57. The van der Waals surface area contributed by atoms with Crippen LogP contribution in [0.25, 0.3) is 0 Å². The van der Waals surface area contributed by atoms with Gasteiger partial charge in [0.25, 0.3) is 5.79 Å². The summed E-state index contributed by atoms with van der Waals surface area (Å²) < 4.78 is 123. The summed E-state index contributed by atoms with van der Waals surface area (Å²) in [6.07, 6.45) is -18.1. The fraction of sp³-hybridized carbons (Fsp3) is 0.583. The Labute approximate surface area is 144 Å². The predicted molar refractivity (Wildman–Crippen MR) is 65.2 cm³/mol. The van der Waals surface area contributed by atoms with Crippen molar-refractivity contribution in [2.24, 2.45) is 0 Å². The number of esters is 1. The Kier molecular flexibility index (Phi) is 7.99. The van der Waals surface area contributed by atoms with Crippen LogP contribution in [-0.2, 0) is 19.0 Å². The summed E-state index contributed by atoms with van der Waals surface area (Å²) in [7, 11) is 0. The van der Waals surface area contributed by atoms with Gasteiger partial charge in [0.1, 0.15) is 6.26 Å². The molecule has 0 amide bonds. The van der Waals surface area contributed by atoms with E-state index in [0.29, 0.717) is 0 Å². The van der Waals surface area contributed by atoms with Crippen molar-refractivity contribution in [3.63, 3.8) is 0 Å². The highest BCUT2D eigenvalue weighted by Crippen LogP contribution is 2.33. The zero-order valence-corrected chi connectivity index (χ0v) is 13.0. The Morgan fingerprint density at radius 1 is 0.889 bits per heavy atom. The molecule has 0 fully saturated rings. The monoisotopic (exact) mass is 422 g/mol. The molecule has 6 nitrogen and oxygen atoms in total. The molecule has 0 heterocycles. The lowest BCUT2D eigenvalue weighted by atomic mass is 10.3. The molecule has 27 heavy (non-hydrogen) atoms. The molecule has 0 aromatic heterocycles. The molecule has 0 atom stereocenters. The number of hydrogen-bond acceptors (Lipinski definition) is 6. The number of rotatable bonds is 7. The fourth-order valence-corrected chi connectivity index (χ4v) is 1.03. The number of carbonyl (C=O) groups is 1. The second-order valence-electron chi connectivity index (χ2n) is 4.46. The van der Waals surface area contributed by atoms with E-state index in [1.807, 2.05) is 0 Å². The second kappa shape index (κ2) is 8.69. The van der Waals surface area contributed by atoms with E-state index in [-0.39, 0.29) is 12.7 Å². The summed E-state index contributed by atoms with van der Waals surface area (Å²) >= 11 is 0. The third kappa shape index (κ3) is 8.38. The molecule has 0 aromatic carbocycles. The van der Waals surface area contributed by atoms with E-state index in [0.717, 1.165) is 0 Å². The van der Waals surface area contributed by atoms with Crippen LogP contribution in [0.2, 0.25) is 0 Å². The largest absolute Gasteiger partial charge is 0.481 e. The summed E-state index contributed by atoms with van der Waals surface area (Å²) in [6.45, 7) is -1.60. The highest BCUT2D eigenvalue weighted by Gasteiger charge is 2.54. The molecule has 15 heteroatoms. The Morgan fingerprint density at radius 3 is 1.74 bits per heavy atom. The number of halogens is 9.